The maximum absolute atomic E-state index is 11.6. The van der Waals surface area contributed by atoms with E-state index >= 15 is 0 Å². The van der Waals surface area contributed by atoms with Gasteiger partial charge in [-0.15, -0.1) is 0 Å². The molecule has 0 bridgehead atoms. The maximum atomic E-state index is 11.6. The normalized spacial score (nSPS) is 24.8. The van der Waals surface area contributed by atoms with E-state index in [4.69, 9.17) is 5.11 Å². The van der Waals surface area contributed by atoms with Gasteiger partial charge in [-0.25, -0.2) is 0 Å². The number of hydrogen-bond donors (Lipinski definition) is 1. The predicted octanol–water partition coefficient (Wildman–Crippen LogP) is 3.27. The zero-order valence-electron chi connectivity index (χ0n) is 11.4. The molecule has 0 aliphatic heterocycles. The number of carbonyl (C=O) groups is 1. The van der Waals surface area contributed by atoms with Crippen molar-refractivity contribution >= 4 is 5.78 Å². The molecular weight excluding hydrogens is 212 g/mol. The van der Waals surface area contributed by atoms with Gasteiger partial charge in [0, 0.05) is 6.42 Å². The molecule has 1 N–H and O–H groups in total. The van der Waals surface area contributed by atoms with Gasteiger partial charge in [0.15, 0.2) is 5.78 Å². The molecule has 0 aromatic rings. The Balaban J connectivity index is 2.72. The third-order valence-corrected chi connectivity index (χ3v) is 3.78. The van der Waals surface area contributed by atoms with Gasteiger partial charge in [0.05, 0.1) is 6.61 Å². The Bertz CT molecular complexity index is 348. The summed E-state index contributed by atoms with van der Waals surface area (Å²) < 4.78 is 0. The van der Waals surface area contributed by atoms with E-state index in [0.29, 0.717) is 12.3 Å². The van der Waals surface area contributed by atoms with Crippen LogP contribution in [0.4, 0.5) is 0 Å². The highest BCUT2D eigenvalue weighted by Crippen LogP contribution is 2.42. The molecule has 17 heavy (non-hydrogen) atoms. The van der Waals surface area contributed by atoms with Crippen LogP contribution in [0.25, 0.3) is 0 Å². The summed E-state index contributed by atoms with van der Waals surface area (Å²) >= 11 is 0. The summed E-state index contributed by atoms with van der Waals surface area (Å²) in [6.07, 6.45) is 6.37. The summed E-state index contributed by atoms with van der Waals surface area (Å²) in [6, 6.07) is 0. The van der Waals surface area contributed by atoms with Gasteiger partial charge in [-0.1, -0.05) is 31.1 Å². The van der Waals surface area contributed by atoms with Gasteiger partial charge >= 0.3 is 0 Å². The van der Waals surface area contributed by atoms with Gasteiger partial charge in [0.1, 0.15) is 0 Å². The molecular formula is C15H24O2. The summed E-state index contributed by atoms with van der Waals surface area (Å²) in [7, 11) is 0. The lowest BCUT2D eigenvalue weighted by molar-refractivity contribution is -0.117. The quantitative estimate of drug-likeness (QED) is 0.761. The Hall–Kier alpha value is -0.890. The van der Waals surface area contributed by atoms with Crippen LogP contribution in [0.1, 0.15) is 47.0 Å². The topological polar surface area (TPSA) is 37.3 Å². The number of ketones is 1. The molecule has 1 rings (SSSR count). The number of hydrogen-bond acceptors (Lipinski definition) is 2. The van der Waals surface area contributed by atoms with E-state index < -0.39 is 0 Å². The second kappa shape index (κ2) is 5.63. The van der Waals surface area contributed by atoms with Gasteiger partial charge in [0.25, 0.3) is 0 Å². The second-order valence-corrected chi connectivity index (χ2v) is 5.84. The Morgan fingerprint density at radius 3 is 2.76 bits per heavy atom. The van der Waals surface area contributed by atoms with Crippen molar-refractivity contribution in [3.63, 3.8) is 0 Å². The lowest BCUT2D eigenvalue weighted by Crippen LogP contribution is -2.31. The Morgan fingerprint density at radius 1 is 1.59 bits per heavy atom. The number of aliphatic hydroxyl groups is 1. The lowest BCUT2D eigenvalue weighted by atomic mass is 9.66. The average Bonchev–Trinajstić information content (AvgIpc) is 2.14. The molecule has 0 amide bonds. The van der Waals surface area contributed by atoms with Crippen LogP contribution in [0.5, 0.6) is 0 Å². The molecule has 0 radical (unpaired) electrons. The van der Waals surface area contributed by atoms with E-state index in [1.807, 2.05) is 6.08 Å². The van der Waals surface area contributed by atoms with E-state index in [1.165, 1.54) is 11.1 Å². The van der Waals surface area contributed by atoms with Crippen molar-refractivity contribution in [2.75, 3.05) is 6.61 Å². The van der Waals surface area contributed by atoms with E-state index in [-0.39, 0.29) is 17.8 Å². The van der Waals surface area contributed by atoms with Crippen LogP contribution in [-0.4, -0.2) is 17.5 Å². The molecule has 0 aromatic carbocycles. The molecule has 2 heteroatoms. The lowest BCUT2D eigenvalue weighted by Gasteiger charge is -2.38. The standard InChI is InChI=1S/C15H24O2/c1-11(7-8-16)5-6-14-12(2)9-13(17)10-15(14,3)4/h7,9,14,16H,5-6,8,10H2,1-4H3/b11-7+/t14-/m1/s1. The zero-order valence-corrected chi connectivity index (χ0v) is 11.4. The summed E-state index contributed by atoms with van der Waals surface area (Å²) in [4.78, 5) is 11.6. The number of carbonyl (C=O) groups excluding carboxylic acids is 1. The SMILES string of the molecule is CC1=CC(=O)CC(C)(C)[C@@H]1CC/C(C)=C/CO. The monoisotopic (exact) mass is 236 g/mol. The minimum absolute atomic E-state index is 0.0649. The molecule has 2 nitrogen and oxygen atoms in total. The van der Waals surface area contributed by atoms with Crippen LogP contribution in [0, 0.1) is 11.3 Å². The summed E-state index contributed by atoms with van der Waals surface area (Å²) in [6.45, 7) is 8.59. The number of allylic oxidation sites excluding steroid dienone is 3. The Morgan fingerprint density at radius 2 is 2.24 bits per heavy atom. The summed E-state index contributed by atoms with van der Waals surface area (Å²) in [5.74, 6) is 0.730. The van der Waals surface area contributed by atoms with E-state index in [2.05, 4.69) is 27.7 Å². The third kappa shape index (κ3) is 3.81. The maximum Gasteiger partial charge on any atom is 0.156 e. The first-order valence-electron chi connectivity index (χ1n) is 6.34. The van der Waals surface area contributed by atoms with Crippen LogP contribution in [0.3, 0.4) is 0 Å². The highest BCUT2D eigenvalue weighted by molar-refractivity contribution is 5.91. The smallest absolute Gasteiger partial charge is 0.156 e. The molecule has 1 aliphatic rings. The molecule has 0 fully saturated rings. The molecule has 0 heterocycles. The van der Waals surface area contributed by atoms with Gasteiger partial charge in [-0.2, -0.15) is 0 Å². The highest BCUT2D eigenvalue weighted by Gasteiger charge is 2.35. The van der Waals surface area contributed by atoms with E-state index in [1.54, 1.807) is 6.08 Å². The molecule has 0 spiro atoms. The van der Waals surface area contributed by atoms with Gasteiger partial charge < -0.3 is 5.11 Å². The first-order chi connectivity index (χ1) is 7.86. The molecule has 1 atom stereocenters. The van der Waals surface area contributed by atoms with Crippen molar-refractivity contribution in [1.29, 1.82) is 0 Å². The zero-order chi connectivity index (χ0) is 13.1. The summed E-state index contributed by atoms with van der Waals surface area (Å²) in [5.41, 5.74) is 2.51. The highest BCUT2D eigenvalue weighted by atomic mass is 16.2. The fourth-order valence-corrected chi connectivity index (χ4v) is 2.84. The fourth-order valence-electron chi connectivity index (χ4n) is 2.84. The van der Waals surface area contributed by atoms with Crippen LogP contribution >= 0.6 is 0 Å². The molecule has 0 unspecified atom stereocenters. The molecule has 1 aliphatic carbocycles. The van der Waals surface area contributed by atoms with Crippen molar-refractivity contribution in [2.24, 2.45) is 11.3 Å². The van der Waals surface area contributed by atoms with Crippen molar-refractivity contribution < 1.29 is 9.90 Å². The van der Waals surface area contributed by atoms with Gasteiger partial charge in [-0.3, -0.25) is 4.79 Å². The van der Waals surface area contributed by atoms with E-state index in [9.17, 15) is 4.79 Å². The first-order valence-corrected chi connectivity index (χ1v) is 6.34. The minimum Gasteiger partial charge on any atom is -0.392 e. The van der Waals surface area contributed by atoms with Crippen LogP contribution in [0.15, 0.2) is 23.3 Å². The van der Waals surface area contributed by atoms with Crippen LogP contribution in [-0.2, 0) is 4.79 Å². The first kappa shape index (κ1) is 14.2. The molecule has 0 saturated heterocycles. The van der Waals surface area contributed by atoms with Crippen molar-refractivity contribution in [3.8, 4) is 0 Å². The molecule has 0 saturated carbocycles. The van der Waals surface area contributed by atoms with Crippen molar-refractivity contribution in [3.05, 3.63) is 23.3 Å². The third-order valence-electron chi connectivity index (χ3n) is 3.78. The van der Waals surface area contributed by atoms with Gasteiger partial charge in [0.2, 0.25) is 0 Å². The molecule has 0 aromatic heterocycles. The number of rotatable bonds is 4. The Kier molecular flexibility index (Phi) is 4.70. The van der Waals surface area contributed by atoms with Crippen LogP contribution in [0.2, 0.25) is 0 Å². The second-order valence-electron chi connectivity index (χ2n) is 5.84. The van der Waals surface area contributed by atoms with Crippen LogP contribution < -0.4 is 0 Å². The largest absolute Gasteiger partial charge is 0.392 e. The van der Waals surface area contributed by atoms with Crippen molar-refractivity contribution in [2.45, 2.75) is 47.0 Å². The average molecular weight is 236 g/mol. The fraction of sp³-hybridized carbons (Fsp3) is 0.667. The summed E-state index contributed by atoms with van der Waals surface area (Å²) in [5, 5.41) is 8.83. The van der Waals surface area contributed by atoms with E-state index in [0.717, 1.165) is 12.8 Å². The predicted molar refractivity (Wildman–Crippen MR) is 70.7 cm³/mol. The number of aliphatic hydroxyl groups excluding tert-OH is 1. The van der Waals surface area contributed by atoms with Crippen molar-refractivity contribution in [1.82, 2.24) is 0 Å². The Labute approximate surface area is 104 Å². The van der Waals surface area contributed by atoms with Gasteiger partial charge in [-0.05, 0) is 44.1 Å². The molecule has 96 valence electrons. The minimum atomic E-state index is 0.0649.